The van der Waals surface area contributed by atoms with Crippen molar-refractivity contribution in [1.29, 1.82) is 0 Å². The third kappa shape index (κ3) is 9.98. The normalized spacial score (nSPS) is 11.4. The van der Waals surface area contributed by atoms with Crippen molar-refractivity contribution in [3.8, 4) is 11.5 Å². The molecule has 0 radical (unpaired) electrons. The van der Waals surface area contributed by atoms with Crippen molar-refractivity contribution in [1.82, 2.24) is 0 Å². The zero-order valence-electron chi connectivity index (χ0n) is 22.6. The van der Waals surface area contributed by atoms with Gasteiger partial charge in [0, 0.05) is 16.7 Å². The number of thiophene rings is 2. The molecule has 43 heavy (non-hydrogen) atoms. The van der Waals surface area contributed by atoms with Crippen LogP contribution in [-0.2, 0) is 13.1 Å². The molecule has 0 saturated heterocycles. The maximum absolute atomic E-state index is 10.00. The molecular formula is C32H27ClN2O6S2. The number of phenols is 2. The van der Waals surface area contributed by atoms with Crippen LogP contribution < -0.4 is 23.6 Å². The lowest BCUT2D eigenvalue weighted by molar-refractivity contribution is -2.00. The molecule has 0 amide bonds. The Morgan fingerprint density at radius 2 is 1.16 bits per heavy atom. The van der Waals surface area contributed by atoms with E-state index in [1.807, 2.05) is 84.4 Å². The summed E-state index contributed by atoms with van der Waals surface area (Å²) in [6.07, 6.45) is 3.65. The number of hydrogen-bond donors (Lipinski definition) is 3. The lowest BCUT2D eigenvalue weighted by Crippen LogP contribution is -2.68. The first-order valence-corrected chi connectivity index (χ1v) is 15.8. The Bertz CT molecular complexity index is 1670. The molecule has 0 unspecified atom stereocenters. The molecule has 3 N–H and O–H groups in total. The van der Waals surface area contributed by atoms with E-state index in [0.717, 1.165) is 39.2 Å². The van der Waals surface area contributed by atoms with Crippen LogP contribution in [0, 0.1) is 10.2 Å². The molecule has 0 saturated carbocycles. The minimum Gasteiger partial charge on any atom is -0.507 e. The molecule has 2 heterocycles. The molecule has 4 aromatic carbocycles. The molecule has 0 spiro atoms. The van der Waals surface area contributed by atoms with Crippen LogP contribution in [0.15, 0.2) is 113 Å². The number of phenolic OH excluding ortho intramolecular Hbond substituents is 2. The smallest absolute Gasteiger partial charge is 0.175 e. The lowest BCUT2D eigenvalue weighted by Gasteiger charge is -2.17. The average molecular weight is 635 g/mol. The number of halogens is 1. The van der Waals surface area contributed by atoms with Crippen molar-refractivity contribution < 1.29 is 44.1 Å². The maximum atomic E-state index is 10.00. The fraction of sp³-hybridized carbons (Fsp3) is 0.0625. The van der Waals surface area contributed by atoms with E-state index in [4.69, 9.17) is 18.6 Å². The van der Waals surface area contributed by atoms with E-state index in [9.17, 15) is 10.2 Å². The standard InChI is InChI=1S/2C16H13NOS.ClHO4/c2*18-16-8-7-12-4-1-2-6-14(12)15(16)11-17-10-13-5-3-9-19-13;2-1(3,4)5/h2*1-9,11,18H,10H2;(H,2,3,4,5). The van der Waals surface area contributed by atoms with Crippen LogP contribution in [0.3, 0.4) is 0 Å². The van der Waals surface area contributed by atoms with Crippen molar-refractivity contribution in [3.63, 3.8) is 0 Å². The van der Waals surface area contributed by atoms with E-state index >= 15 is 0 Å². The van der Waals surface area contributed by atoms with Crippen molar-refractivity contribution in [2.75, 3.05) is 0 Å². The Balaban J connectivity index is 0.000000171. The third-order valence-electron chi connectivity index (χ3n) is 6.05. The zero-order chi connectivity index (χ0) is 30.7. The van der Waals surface area contributed by atoms with Gasteiger partial charge < -0.3 is 10.2 Å². The second-order valence-electron chi connectivity index (χ2n) is 8.97. The second-order valence-corrected chi connectivity index (χ2v) is 11.8. The minimum absolute atomic E-state index is 0.272. The summed E-state index contributed by atoms with van der Waals surface area (Å²) < 4.78 is 34.0. The first-order chi connectivity index (χ1) is 20.7. The van der Waals surface area contributed by atoms with E-state index in [1.165, 1.54) is 9.75 Å². The molecule has 0 aliphatic carbocycles. The molecule has 0 aliphatic heterocycles. The van der Waals surface area contributed by atoms with Gasteiger partial charge in [0.05, 0.1) is 17.0 Å². The monoisotopic (exact) mass is 634 g/mol. The van der Waals surface area contributed by atoms with Crippen LogP contribution in [0.4, 0.5) is 0 Å². The largest absolute Gasteiger partial charge is 0.507 e. The highest BCUT2D eigenvalue weighted by Gasteiger charge is 2.07. The maximum Gasteiger partial charge on any atom is 0.175 e. The van der Waals surface area contributed by atoms with Crippen molar-refractivity contribution in [3.05, 3.63) is 129 Å². The van der Waals surface area contributed by atoms with Gasteiger partial charge in [0.1, 0.15) is 11.5 Å². The van der Waals surface area contributed by atoms with Crippen molar-refractivity contribution >= 4 is 56.6 Å². The van der Waals surface area contributed by atoms with Gasteiger partial charge in [-0.15, -0.1) is 32.9 Å². The summed E-state index contributed by atoms with van der Waals surface area (Å²) in [6, 6.07) is 31.6. The first kappa shape index (κ1) is 31.8. The number of nitrogens with one attached hydrogen (secondary N) is 1. The summed E-state index contributed by atoms with van der Waals surface area (Å²) in [5.74, 6) is 0.575. The molecule has 8 nitrogen and oxygen atoms in total. The van der Waals surface area contributed by atoms with E-state index in [-0.39, 0.29) is 5.75 Å². The Labute approximate surface area is 258 Å². The summed E-state index contributed by atoms with van der Waals surface area (Å²) in [5.41, 5.74) is 1.63. The highest BCUT2D eigenvalue weighted by Crippen LogP contribution is 2.26. The van der Waals surface area contributed by atoms with Crippen molar-refractivity contribution in [2.24, 2.45) is 4.99 Å². The Morgan fingerprint density at radius 3 is 1.72 bits per heavy atom. The quantitative estimate of drug-likeness (QED) is 0.237. The van der Waals surface area contributed by atoms with Gasteiger partial charge in [0.2, 0.25) is 0 Å². The summed E-state index contributed by atoms with van der Waals surface area (Å²) in [7, 11) is -4.94. The highest BCUT2D eigenvalue weighted by molar-refractivity contribution is 7.10. The topological polar surface area (TPSA) is 159 Å². The molecule has 0 aliphatic rings. The summed E-state index contributed by atoms with van der Waals surface area (Å²) in [4.78, 5) is 10.2. The van der Waals surface area contributed by atoms with Gasteiger partial charge in [-0.1, -0.05) is 72.8 Å². The number of aromatic hydroxyl groups is 2. The van der Waals surface area contributed by atoms with Crippen LogP contribution in [0.5, 0.6) is 11.5 Å². The van der Waals surface area contributed by atoms with E-state index in [2.05, 4.69) is 27.5 Å². The summed E-state index contributed by atoms with van der Waals surface area (Å²) >= 11 is 3.41. The molecule has 2 aromatic heterocycles. The van der Waals surface area contributed by atoms with Crippen LogP contribution in [0.1, 0.15) is 20.9 Å². The number of benzene rings is 4. The Morgan fingerprint density at radius 1 is 0.651 bits per heavy atom. The number of aliphatic imine (C=N–C) groups is 1. The predicted molar refractivity (Wildman–Crippen MR) is 161 cm³/mol. The van der Waals surface area contributed by atoms with Gasteiger partial charge in [0.25, 0.3) is 0 Å². The SMILES string of the molecule is Oc1ccc2ccccc2c1C=NCc1cccs1.Oc1ccc2ccccc2c1C=[NH+]Cc1cccs1.[O-][Cl+3]([O-])([O-])[O-]. The van der Waals surface area contributed by atoms with Gasteiger partial charge in [0.15, 0.2) is 12.8 Å². The van der Waals surface area contributed by atoms with E-state index < -0.39 is 10.2 Å². The van der Waals surface area contributed by atoms with Crippen LogP contribution in [-0.4, -0.2) is 22.6 Å². The average Bonchev–Trinajstić information content (AvgIpc) is 3.70. The highest BCUT2D eigenvalue weighted by atomic mass is 35.7. The fourth-order valence-corrected chi connectivity index (χ4v) is 5.45. The third-order valence-corrected chi connectivity index (χ3v) is 7.78. The number of hydrogen-bond acceptors (Lipinski definition) is 9. The molecule has 6 rings (SSSR count). The van der Waals surface area contributed by atoms with Gasteiger partial charge in [-0.05, 0) is 56.6 Å². The van der Waals surface area contributed by atoms with Crippen LogP contribution in [0.2, 0.25) is 0 Å². The second kappa shape index (κ2) is 15.4. The molecule has 11 heteroatoms. The van der Waals surface area contributed by atoms with Gasteiger partial charge in [-0.3, -0.25) is 4.99 Å². The molecule has 6 aromatic rings. The molecule has 0 fully saturated rings. The zero-order valence-corrected chi connectivity index (χ0v) is 25.0. The van der Waals surface area contributed by atoms with Crippen LogP contribution in [0.25, 0.3) is 21.5 Å². The molecule has 0 bridgehead atoms. The number of nitrogens with zero attached hydrogens (tertiary/aromatic N) is 1. The minimum atomic E-state index is -4.94. The first-order valence-electron chi connectivity index (χ1n) is 12.8. The van der Waals surface area contributed by atoms with Crippen molar-refractivity contribution in [2.45, 2.75) is 13.1 Å². The Hall–Kier alpha value is -4.13. The summed E-state index contributed by atoms with van der Waals surface area (Å²) in [5, 5.41) is 28.4. The summed E-state index contributed by atoms with van der Waals surface area (Å²) in [6.45, 7) is 1.43. The number of fused-ring (bicyclic) bond motifs is 2. The van der Waals surface area contributed by atoms with Gasteiger partial charge in [-0.25, -0.2) is 23.6 Å². The molecule has 0 atom stereocenters. The molecule has 220 valence electrons. The Kier molecular flexibility index (Phi) is 11.4. The lowest BCUT2D eigenvalue weighted by atomic mass is 10.0. The van der Waals surface area contributed by atoms with Crippen LogP contribution >= 0.6 is 22.7 Å². The molecular weight excluding hydrogens is 608 g/mol. The van der Waals surface area contributed by atoms with E-state index in [0.29, 0.717) is 12.3 Å². The van der Waals surface area contributed by atoms with Gasteiger partial charge in [-0.2, -0.15) is 0 Å². The fourth-order valence-electron chi connectivity index (χ4n) is 4.15. The predicted octanol–water partition coefficient (Wildman–Crippen LogP) is 1.78. The van der Waals surface area contributed by atoms with E-state index in [1.54, 1.807) is 41.0 Å². The van der Waals surface area contributed by atoms with Gasteiger partial charge >= 0.3 is 0 Å². The number of rotatable bonds is 6.